The fraction of sp³-hybridized carbons (Fsp3) is 0.405. The van der Waals surface area contributed by atoms with Crippen molar-refractivity contribution in [3.05, 3.63) is 132 Å². The highest BCUT2D eigenvalue weighted by molar-refractivity contribution is 8.59. The van der Waals surface area contributed by atoms with Gasteiger partial charge in [0.1, 0.15) is 0 Å². The van der Waals surface area contributed by atoms with E-state index in [0.29, 0.717) is 0 Å². The van der Waals surface area contributed by atoms with Crippen LogP contribution in [-0.4, -0.2) is 18.3 Å². The van der Waals surface area contributed by atoms with Crippen molar-refractivity contribution in [2.24, 2.45) is 0 Å². The molecule has 1 saturated heterocycles. The molecule has 0 unspecified atom stereocenters. The minimum absolute atomic E-state index is 0.348. The van der Waals surface area contributed by atoms with E-state index in [1.54, 1.807) is 0 Å². The number of hydrogen-bond acceptors (Lipinski definition) is 4. The van der Waals surface area contributed by atoms with Crippen molar-refractivity contribution < 1.29 is 9.31 Å². The second-order valence-electron chi connectivity index (χ2n) is 11.1. The van der Waals surface area contributed by atoms with Gasteiger partial charge >= 0.3 is 7.12 Å². The Morgan fingerprint density at radius 1 is 0.881 bits per heavy atom. The molecule has 0 radical (unpaired) electrons. The van der Waals surface area contributed by atoms with Crippen molar-refractivity contribution in [1.29, 1.82) is 0 Å². The minimum Gasteiger partial charge on any atom is -0.399 e. The zero-order chi connectivity index (χ0) is 32.8. The Morgan fingerprint density at radius 2 is 1.48 bits per heavy atom. The Balaban J connectivity index is 0. The molecule has 1 heterocycles. The zero-order valence-corrected chi connectivity index (χ0v) is 30.0. The first kappa shape index (κ1) is 42.0. The quantitative estimate of drug-likeness (QED) is 0.124. The van der Waals surface area contributed by atoms with Gasteiger partial charge in [0.2, 0.25) is 0 Å². The van der Waals surface area contributed by atoms with Gasteiger partial charge in [0.25, 0.3) is 0 Å². The van der Waals surface area contributed by atoms with Crippen LogP contribution in [0, 0.1) is 0 Å². The monoisotopic (exact) mass is 608 g/mol. The van der Waals surface area contributed by atoms with E-state index in [-0.39, 0.29) is 18.3 Å². The van der Waals surface area contributed by atoms with E-state index in [4.69, 9.17) is 9.31 Å². The molecule has 1 fully saturated rings. The third-order valence-corrected chi connectivity index (χ3v) is 6.66. The molecular formula is C37H57BO2S2. The topological polar surface area (TPSA) is 18.5 Å². The van der Waals surface area contributed by atoms with Crippen molar-refractivity contribution in [3.63, 3.8) is 0 Å². The Kier molecular flexibility index (Phi) is 23.3. The molecular weight excluding hydrogens is 551 g/mol. The van der Waals surface area contributed by atoms with Crippen molar-refractivity contribution in [3.8, 4) is 0 Å². The van der Waals surface area contributed by atoms with E-state index in [2.05, 4.69) is 127 Å². The standard InChI is InChI=1S/C22H33BO2.C8H12.C7H10.H2S2/c1-10-13-18(14-11-2)19(15-17(4)5)16-20(12-3)23-24-21(6,7)22(8,9)25-23;1-4-6-7-8(3)5-2;1-7-5-3-2-4-6-7;1-2/h10-16H,1H2,2-9H3;4-7H,2H2,1,3H3;3,5-6H,2,4H2,1H3;1-2H/b14-11-,18-13+,19-16+,20-12+;6-4-,8-7-;;. The third-order valence-electron chi connectivity index (χ3n) is 6.66. The SMILES string of the molecule is C=C/C(C)=C\C=C/C.C=C/C=C(\C=C/C)C(/C=C(C)C)=C/C(=C\C)B1OC(C)(C)C(C)(C)O1.CC1=CCCC=C1.SS. The zero-order valence-electron chi connectivity index (χ0n) is 28.2. The molecule has 0 aromatic heterocycles. The van der Waals surface area contributed by atoms with Crippen LogP contribution in [0.25, 0.3) is 0 Å². The summed E-state index contributed by atoms with van der Waals surface area (Å²) in [6, 6.07) is 0. The third kappa shape index (κ3) is 17.1. The van der Waals surface area contributed by atoms with E-state index in [9.17, 15) is 0 Å². The summed E-state index contributed by atoms with van der Waals surface area (Å²) in [5.41, 5.74) is 6.38. The maximum absolute atomic E-state index is 6.21. The van der Waals surface area contributed by atoms with Gasteiger partial charge < -0.3 is 9.31 Å². The van der Waals surface area contributed by atoms with E-state index in [1.165, 1.54) is 29.6 Å². The van der Waals surface area contributed by atoms with Crippen LogP contribution in [0.3, 0.4) is 0 Å². The van der Waals surface area contributed by atoms with E-state index in [0.717, 1.165) is 16.6 Å². The van der Waals surface area contributed by atoms with Crippen LogP contribution in [0.15, 0.2) is 132 Å². The maximum atomic E-state index is 6.21. The van der Waals surface area contributed by atoms with E-state index < -0.39 is 0 Å². The molecule has 42 heavy (non-hydrogen) atoms. The minimum atomic E-state index is -0.369. The summed E-state index contributed by atoms with van der Waals surface area (Å²) in [7, 11) is -0.369. The van der Waals surface area contributed by atoms with Gasteiger partial charge in [-0.1, -0.05) is 115 Å². The molecule has 0 aromatic rings. The van der Waals surface area contributed by atoms with Crippen LogP contribution in [0.1, 0.15) is 89.0 Å². The molecule has 0 aromatic carbocycles. The van der Waals surface area contributed by atoms with Crippen LogP contribution < -0.4 is 0 Å². The summed E-state index contributed by atoms with van der Waals surface area (Å²) >= 11 is 6.44. The predicted octanol–water partition coefficient (Wildman–Crippen LogP) is 11.9. The van der Waals surface area contributed by atoms with Gasteiger partial charge in [0.15, 0.2) is 0 Å². The molecule has 2 nitrogen and oxygen atoms in total. The van der Waals surface area contributed by atoms with Gasteiger partial charge in [-0.2, -0.15) is 0 Å². The van der Waals surface area contributed by atoms with E-state index >= 15 is 0 Å². The maximum Gasteiger partial charge on any atom is 0.494 e. The van der Waals surface area contributed by atoms with Gasteiger partial charge in [-0.15, -0.1) is 23.3 Å². The lowest BCUT2D eigenvalue weighted by Gasteiger charge is -2.32. The highest BCUT2D eigenvalue weighted by atomic mass is 33.1. The van der Waals surface area contributed by atoms with Crippen molar-refractivity contribution in [1.82, 2.24) is 0 Å². The van der Waals surface area contributed by atoms with Crippen LogP contribution in [0.5, 0.6) is 0 Å². The second-order valence-corrected chi connectivity index (χ2v) is 11.1. The lowest BCUT2D eigenvalue weighted by atomic mass is 9.76. The summed E-state index contributed by atoms with van der Waals surface area (Å²) < 4.78 is 12.4. The molecule has 0 amide bonds. The fourth-order valence-electron chi connectivity index (χ4n) is 3.58. The average Bonchev–Trinajstić information content (AvgIpc) is 3.17. The van der Waals surface area contributed by atoms with Gasteiger partial charge in [0, 0.05) is 0 Å². The van der Waals surface area contributed by atoms with Gasteiger partial charge in [0.05, 0.1) is 11.2 Å². The molecule has 0 bridgehead atoms. The van der Waals surface area contributed by atoms with E-state index in [1.807, 2.05) is 70.2 Å². The molecule has 0 spiro atoms. The summed E-state index contributed by atoms with van der Waals surface area (Å²) in [6.07, 6.45) is 31.3. The lowest BCUT2D eigenvalue weighted by Crippen LogP contribution is -2.41. The summed E-state index contributed by atoms with van der Waals surface area (Å²) in [5, 5.41) is 0. The molecule has 2 rings (SSSR count). The molecule has 0 saturated carbocycles. The predicted molar refractivity (Wildman–Crippen MR) is 199 cm³/mol. The Hall–Kier alpha value is -2.18. The molecule has 0 atom stereocenters. The highest BCUT2D eigenvalue weighted by Crippen LogP contribution is 2.39. The molecule has 232 valence electrons. The number of rotatable bonds is 8. The van der Waals surface area contributed by atoms with Crippen molar-refractivity contribution in [2.75, 3.05) is 0 Å². The molecule has 2 aliphatic rings. The van der Waals surface area contributed by atoms with Gasteiger partial charge in [-0.05, 0) is 106 Å². The Morgan fingerprint density at radius 3 is 1.83 bits per heavy atom. The largest absolute Gasteiger partial charge is 0.494 e. The normalized spacial score (nSPS) is 18.2. The van der Waals surface area contributed by atoms with Crippen LogP contribution in [0.4, 0.5) is 0 Å². The second kappa shape index (κ2) is 23.3. The Bertz CT molecular complexity index is 1090. The Labute approximate surface area is 270 Å². The summed E-state index contributed by atoms with van der Waals surface area (Å²) in [4.78, 5) is 0. The summed E-state index contributed by atoms with van der Waals surface area (Å²) in [6.45, 7) is 30.1. The molecule has 0 N–H and O–H groups in total. The molecule has 5 heteroatoms. The fourth-order valence-corrected chi connectivity index (χ4v) is 3.58. The first-order chi connectivity index (χ1) is 19.8. The van der Waals surface area contributed by atoms with Crippen LogP contribution >= 0.6 is 23.3 Å². The smallest absolute Gasteiger partial charge is 0.399 e. The molecule has 1 aliphatic carbocycles. The first-order valence-corrected chi connectivity index (χ1v) is 16.2. The van der Waals surface area contributed by atoms with Gasteiger partial charge in [-0.3, -0.25) is 0 Å². The van der Waals surface area contributed by atoms with Crippen LogP contribution in [-0.2, 0) is 9.31 Å². The highest BCUT2D eigenvalue weighted by Gasteiger charge is 2.51. The lowest BCUT2D eigenvalue weighted by molar-refractivity contribution is 0.00578. The van der Waals surface area contributed by atoms with Gasteiger partial charge in [-0.25, -0.2) is 0 Å². The van der Waals surface area contributed by atoms with Crippen molar-refractivity contribution in [2.45, 2.75) is 100 Å². The number of hydrogen-bond donors (Lipinski definition) is 2. The first-order valence-electron chi connectivity index (χ1n) is 14.6. The average molecular weight is 609 g/mol. The number of thiol groups is 2. The molecule has 1 aliphatic heterocycles. The van der Waals surface area contributed by atoms with Crippen molar-refractivity contribution >= 4 is 30.4 Å². The number of allylic oxidation sites excluding steroid dienone is 20. The van der Waals surface area contributed by atoms with Crippen LogP contribution in [0.2, 0.25) is 0 Å². The summed E-state index contributed by atoms with van der Waals surface area (Å²) in [5.74, 6) is 0.